The molecule has 0 aromatic heterocycles. The molecule has 1 aromatic rings. The van der Waals surface area contributed by atoms with E-state index in [1.54, 1.807) is 19.1 Å². The lowest BCUT2D eigenvalue weighted by Gasteiger charge is -2.24. The standard InChI is InChI=1S/C12H18N2O3/c1-3-10(15)14-11(13)12(16-2)17-9-7-5-4-6-8-9/h4-8,11-12H,3,13H2,1-2H3,(H,14,15). The van der Waals surface area contributed by atoms with Crippen molar-refractivity contribution in [2.75, 3.05) is 7.11 Å². The molecular weight excluding hydrogens is 220 g/mol. The highest BCUT2D eigenvalue weighted by Crippen LogP contribution is 2.11. The predicted molar refractivity (Wildman–Crippen MR) is 64.3 cm³/mol. The molecule has 0 aliphatic heterocycles. The van der Waals surface area contributed by atoms with Crippen molar-refractivity contribution in [2.45, 2.75) is 25.8 Å². The molecule has 17 heavy (non-hydrogen) atoms. The van der Waals surface area contributed by atoms with Crippen LogP contribution < -0.4 is 15.8 Å². The van der Waals surface area contributed by atoms with Gasteiger partial charge in [0, 0.05) is 13.5 Å². The first-order valence-corrected chi connectivity index (χ1v) is 5.46. The molecule has 5 heteroatoms. The number of rotatable bonds is 6. The van der Waals surface area contributed by atoms with Crippen LogP contribution >= 0.6 is 0 Å². The fourth-order valence-corrected chi connectivity index (χ4v) is 1.26. The van der Waals surface area contributed by atoms with Crippen molar-refractivity contribution in [1.82, 2.24) is 5.32 Å². The van der Waals surface area contributed by atoms with Gasteiger partial charge in [-0.3, -0.25) is 4.79 Å². The Labute approximate surface area is 101 Å². The molecule has 0 spiro atoms. The largest absolute Gasteiger partial charge is 0.461 e. The first-order chi connectivity index (χ1) is 8.17. The Kier molecular flexibility index (Phi) is 5.45. The van der Waals surface area contributed by atoms with Crippen molar-refractivity contribution < 1.29 is 14.3 Å². The zero-order valence-electron chi connectivity index (χ0n) is 10.1. The van der Waals surface area contributed by atoms with Crippen LogP contribution in [0.1, 0.15) is 13.3 Å². The smallest absolute Gasteiger partial charge is 0.233 e. The molecule has 94 valence electrons. The van der Waals surface area contributed by atoms with Crippen LogP contribution in [0, 0.1) is 0 Å². The summed E-state index contributed by atoms with van der Waals surface area (Å²) in [5.74, 6) is 0.497. The number of benzene rings is 1. The topological polar surface area (TPSA) is 73.6 Å². The molecule has 0 bridgehead atoms. The second kappa shape index (κ2) is 6.88. The number of hydrogen-bond donors (Lipinski definition) is 2. The number of amides is 1. The van der Waals surface area contributed by atoms with Gasteiger partial charge in [-0.15, -0.1) is 0 Å². The maximum atomic E-state index is 11.2. The molecule has 1 amide bonds. The number of nitrogens with two attached hydrogens (primary N) is 1. The normalized spacial score (nSPS) is 13.8. The highest BCUT2D eigenvalue weighted by Gasteiger charge is 2.20. The van der Waals surface area contributed by atoms with Crippen LogP contribution in [0.25, 0.3) is 0 Å². The lowest BCUT2D eigenvalue weighted by atomic mass is 10.3. The minimum absolute atomic E-state index is 0.142. The SMILES string of the molecule is CCC(=O)NC(N)C(OC)Oc1ccccc1. The Morgan fingerprint density at radius 2 is 2.06 bits per heavy atom. The fourth-order valence-electron chi connectivity index (χ4n) is 1.26. The van der Waals surface area contributed by atoms with E-state index in [1.807, 2.05) is 18.2 Å². The summed E-state index contributed by atoms with van der Waals surface area (Å²) in [6.45, 7) is 1.75. The molecule has 5 nitrogen and oxygen atoms in total. The van der Waals surface area contributed by atoms with E-state index in [-0.39, 0.29) is 5.91 Å². The molecule has 2 atom stereocenters. The molecule has 0 heterocycles. The summed E-state index contributed by atoms with van der Waals surface area (Å²) in [5, 5.41) is 2.59. The van der Waals surface area contributed by atoms with Gasteiger partial charge in [0.25, 0.3) is 0 Å². The van der Waals surface area contributed by atoms with Crippen molar-refractivity contribution in [1.29, 1.82) is 0 Å². The zero-order valence-corrected chi connectivity index (χ0v) is 10.1. The third-order valence-electron chi connectivity index (χ3n) is 2.17. The van der Waals surface area contributed by atoms with Crippen molar-refractivity contribution >= 4 is 5.91 Å². The van der Waals surface area contributed by atoms with Crippen molar-refractivity contribution in [3.05, 3.63) is 30.3 Å². The molecule has 1 aromatic carbocycles. The van der Waals surface area contributed by atoms with E-state index in [1.165, 1.54) is 7.11 Å². The third kappa shape index (κ3) is 4.42. The minimum Gasteiger partial charge on any atom is -0.461 e. The third-order valence-corrected chi connectivity index (χ3v) is 2.17. The van der Waals surface area contributed by atoms with Crippen LogP contribution in [0.3, 0.4) is 0 Å². The molecule has 1 rings (SSSR count). The van der Waals surface area contributed by atoms with Crippen LogP contribution in [-0.2, 0) is 9.53 Å². The van der Waals surface area contributed by atoms with Gasteiger partial charge >= 0.3 is 0 Å². The number of carbonyl (C=O) groups excluding carboxylic acids is 1. The van der Waals surface area contributed by atoms with Gasteiger partial charge in [0.05, 0.1) is 0 Å². The average Bonchev–Trinajstić information content (AvgIpc) is 2.36. The molecular formula is C12H18N2O3. The molecule has 0 saturated carbocycles. The van der Waals surface area contributed by atoms with Crippen molar-refractivity contribution in [3.8, 4) is 5.75 Å². The molecule has 0 radical (unpaired) electrons. The molecule has 0 aliphatic carbocycles. The van der Waals surface area contributed by atoms with Crippen LogP contribution in [0.2, 0.25) is 0 Å². The van der Waals surface area contributed by atoms with E-state index < -0.39 is 12.5 Å². The van der Waals surface area contributed by atoms with Gasteiger partial charge in [-0.25, -0.2) is 0 Å². The summed E-state index contributed by atoms with van der Waals surface area (Å²) in [6.07, 6.45) is -1.05. The Bertz CT molecular complexity index is 343. The summed E-state index contributed by atoms with van der Waals surface area (Å²) in [5.41, 5.74) is 5.77. The van der Waals surface area contributed by atoms with Gasteiger partial charge in [0.1, 0.15) is 11.9 Å². The van der Waals surface area contributed by atoms with E-state index in [2.05, 4.69) is 5.32 Å². The van der Waals surface area contributed by atoms with Gasteiger partial charge in [0.15, 0.2) is 0 Å². The van der Waals surface area contributed by atoms with E-state index in [0.717, 1.165) is 0 Å². The van der Waals surface area contributed by atoms with Crippen LogP contribution in [0.15, 0.2) is 30.3 Å². The Morgan fingerprint density at radius 1 is 1.41 bits per heavy atom. The van der Waals surface area contributed by atoms with Gasteiger partial charge < -0.3 is 20.5 Å². The van der Waals surface area contributed by atoms with Crippen LogP contribution in [-0.4, -0.2) is 25.5 Å². The molecule has 2 unspecified atom stereocenters. The number of hydrogen-bond acceptors (Lipinski definition) is 4. The van der Waals surface area contributed by atoms with Gasteiger partial charge in [-0.1, -0.05) is 25.1 Å². The first kappa shape index (κ1) is 13.5. The number of nitrogens with one attached hydrogen (secondary N) is 1. The summed E-state index contributed by atoms with van der Waals surface area (Å²) >= 11 is 0. The summed E-state index contributed by atoms with van der Waals surface area (Å²) < 4.78 is 10.6. The highest BCUT2D eigenvalue weighted by molar-refractivity contribution is 5.75. The molecule has 0 aliphatic rings. The number of carbonyl (C=O) groups is 1. The summed E-state index contributed by atoms with van der Waals surface area (Å²) in [7, 11) is 1.48. The Hall–Kier alpha value is -1.59. The summed E-state index contributed by atoms with van der Waals surface area (Å²) in [4.78, 5) is 11.2. The van der Waals surface area contributed by atoms with E-state index >= 15 is 0 Å². The Balaban J connectivity index is 2.56. The lowest BCUT2D eigenvalue weighted by Crippen LogP contribution is -2.52. The maximum Gasteiger partial charge on any atom is 0.233 e. The second-order valence-corrected chi connectivity index (χ2v) is 3.48. The van der Waals surface area contributed by atoms with Gasteiger partial charge in [-0.2, -0.15) is 0 Å². The second-order valence-electron chi connectivity index (χ2n) is 3.48. The number of para-hydroxylation sites is 1. The summed E-state index contributed by atoms with van der Waals surface area (Å²) in [6, 6.07) is 9.16. The minimum atomic E-state index is -0.715. The van der Waals surface area contributed by atoms with Crippen LogP contribution in [0.5, 0.6) is 5.75 Å². The van der Waals surface area contributed by atoms with Crippen LogP contribution in [0.4, 0.5) is 0 Å². The highest BCUT2D eigenvalue weighted by atomic mass is 16.7. The zero-order chi connectivity index (χ0) is 12.7. The predicted octanol–water partition coefficient (Wildman–Crippen LogP) is 0.849. The van der Waals surface area contributed by atoms with E-state index in [0.29, 0.717) is 12.2 Å². The van der Waals surface area contributed by atoms with Gasteiger partial charge in [-0.05, 0) is 12.1 Å². The average molecular weight is 238 g/mol. The van der Waals surface area contributed by atoms with E-state index in [4.69, 9.17) is 15.2 Å². The van der Waals surface area contributed by atoms with E-state index in [9.17, 15) is 4.79 Å². The maximum absolute atomic E-state index is 11.2. The van der Waals surface area contributed by atoms with Gasteiger partial charge in [0.2, 0.25) is 12.2 Å². The molecule has 0 saturated heterocycles. The fraction of sp³-hybridized carbons (Fsp3) is 0.417. The van der Waals surface area contributed by atoms with Crippen molar-refractivity contribution in [2.24, 2.45) is 5.73 Å². The monoisotopic (exact) mass is 238 g/mol. The van der Waals surface area contributed by atoms with Crippen molar-refractivity contribution in [3.63, 3.8) is 0 Å². The lowest BCUT2D eigenvalue weighted by molar-refractivity contribution is -0.126. The number of ether oxygens (including phenoxy) is 2. The first-order valence-electron chi connectivity index (χ1n) is 5.46. The molecule has 0 fully saturated rings. The quantitative estimate of drug-likeness (QED) is 0.720. The molecule has 3 N–H and O–H groups in total. The number of methoxy groups -OCH3 is 1. The Morgan fingerprint density at radius 3 is 2.59 bits per heavy atom.